The molecule has 0 radical (unpaired) electrons. The van der Waals surface area contributed by atoms with E-state index in [0.717, 1.165) is 22.8 Å². The summed E-state index contributed by atoms with van der Waals surface area (Å²) >= 11 is 0. The number of aromatic nitrogens is 2. The van der Waals surface area contributed by atoms with Crippen LogP contribution in [0.1, 0.15) is 22.5 Å². The van der Waals surface area contributed by atoms with Gasteiger partial charge in [-0.1, -0.05) is 17.7 Å². The average Bonchev–Trinajstić information content (AvgIpc) is 2.57. The molecule has 0 aliphatic carbocycles. The normalized spacial score (nSPS) is 10.9. The Kier molecular flexibility index (Phi) is 3.03. The molecule has 2 aromatic rings. The van der Waals surface area contributed by atoms with Gasteiger partial charge >= 0.3 is 0 Å². The lowest BCUT2D eigenvalue weighted by Gasteiger charge is -2.08. The molecule has 17 heavy (non-hydrogen) atoms. The van der Waals surface area contributed by atoms with Crippen molar-refractivity contribution in [3.63, 3.8) is 0 Å². The van der Waals surface area contributed by atoms with Gasteiger partial charge in [0.25, 0.3) is 0 Å². The molecule has 2 rings (SSSR count). The van der Waals surface area contributed by atoms with Gasteiger partial charge in [-0.15, -0.1) is 0 Å². The Balaban J connectivity index is 2.64. The fourth-order valence-corrected chi connectivity index (χ4v) is 2.11. The van der Waals surface area contributed by atoms with E-state index >= 15 is 0 Å². The number of hydrogen-bond donors (Lipinski definition) is 1. The molecular weight excluding hydrogens is 212 g/mol. The van der Waals surface area contributed by atoms with Gasteiger partial charge in [0.15, 0.2) is 0 Å². The van der Waals surface area contributed by atoms with Crippen LogP contribution in [0.25, 0.3) is 11.4 Å². The van der Waals surface area contributed by atoms with E-state index in [-0.39, 0.29) is 6.61 Å². The van der Waals surface area contributed by atoms with Gasteiger partial charge in [0.1, 0.15) is 5.82 Å². The highest BCUT2D eigenvalue weighted by Gasteiger charge is 2.13. The lowest BCUT2D eigenvalue weighted by Crippen LogP contribution is -2.00. The molecule has 0 aliphatic heterocycles. The van der Waals surface area contributed by atoms with Crippen molar-refractivity contribution < 1.29 is 5.11 Å². The van der Waals surface area contributed by atoms with E-state index in [1.807, 2.05) is 18.5 Å². The van der Waals surface area contributed by atoms with Crippen LogP contribution in [0.15, 0.2) is 18.2 Å². The second-order valence-electron chi connectivity index (χ2n) is 4.50. The molecule has 0 aliphatic rings. The number of nitrogens with zero attached hydrogens (tertiary/aromatic N) is 2. The summed E-state index contributed by atoms with van der Waals surface area (Å²) < 4.78 is 1.97. The van der Waals surface area contributed by atoms with Crippen LogP contribution >= 0.6 is 0 Å². The van der Waals surface area contributed by atoms with Crippen molar-refractivity contribution in [3.8, 4) is 11.4 Å². The van der Waals surface area contributed by atoms with Crippen molar-refractivity contribution in [1.29, 1.82) is 0 Å². The molecule has 0 saturated heterocycles. The summed E-state index contributed by atoms with van der Waals surface area (Å²) in [7, 11) is 1.95. The monoisotopic (exact) mass is 230 g/mol. The molecule has 0 atom stereocenters. The molecule has 0 spiro atoms. The van der Waals surface area contributed by atoms with Crippen molar-refractivity contribution in [3.05, 3.63) is 40.7 Å². The maximum absolute atomic E-state index is 9.32. The molecule has 1 aromatic carbocycles. The summed E-state index contributed by atoms with van der Waals surface area (Å²) in [6, 6.07) is 6.34. The Morgan fingerprint density at radius 2 is 1.94 bits per heavy atom. The minimum Gasteiger partial charge on any atom is -0.390 e. The molecule has 1 aromatic heterocycles. The van der Waals surface area contributed by atoms with E-state index in [0.29, 0.717) is 0 Å². The van der Waals surface area contributed by atoms with Crippen LogP contribution in [-0.4, -0.2) is 14.7 Å². The van der Waals surface area contributed by atoms with Crippen LogP contribution in [0.3, 0.4) is 0 Å². The fourth-order valence-electron chi connectivity index (χ4n) is 2.11. The van der Waals surface area contributed by atoms with Gasteiger partial charge in [0.05, 0.1) is 18.0 Å². The molecule has 1 heterocycles. The fraction of sp³-hybridized carbons (Fsp3) is 0.357. The predicted octanol–water partition coefficient (Wildman–Crippen LogP) is 2.50. The first kappa shape index (κ1) is 11.9. The summed E-state index contributed by atoms with van der Waals surface area (Å²) in [5.74, 6) is 0.924. The van der Waals surface area contributed by atoms with Gasteiger partial charge in [-0.2, -0.15) is 0 Å². The van der Waals surface area contributed by atoms with Crippen LogP contribution in [0.5, 0.6) is 0 Å². The molecule has 0 unspecified atom stereocenters. The summed E-state index contributed by atoms with van der Waals surface area (Å²) in [6.45, 7) is 6.11. The zero-order valence-corrected chi connectivity index (χ0v) is 10.8. The van der Waals surface area contributed by atoms with Crippen LogP contribution < -0.4 is 0 Å². The van der Waals surface area contributed by atoms with Crippen molar-refractivity contribution in [2.24, 2.45) is 7.05 Å². The third kappa shape index (κ3) is 1.98. The highest BCUT2D eigenvalue weighted by Crippen LogP contribution is 2.25. The Morgan fingerprint density at radius 1 is 1.24 bits per heavy atom. The van der Waals surface area contributed by atoms with E-state index in [1.165, 1.54) is 11.1 Å². The van der Waals surface area contributed by atoms with Gasteiger partial charge in [-0.3, -0.25) is 0 Å². The maximum Gasteiger partial charge on any atom is 0.140 e. The first-order valence-electron chi connectivity index (χ1n) is 5.75. The summed E-state index contributed by atoms with van der Waals surface area (Å²) in [5, 5.41) is 9.32. The highest BCUT2D eigenvalue weighted by molar-refractivity contribution is 5.62. The van der Waals surface area contributed by atoms with Crippen LogP contribution in [0.2, 0.25) is 0 Å². The van der Waals surface area contributed by atoms with Crippen LogP contribution in [-0.2, 0) is 13.7 Å². The molecule has 0 saturated carbocycles. The summed E-state index contributed by atoms with van der Waals surface area (Å²) in [4.78, 5) is 4.56. The minimum absolute atomic E-state index is 0.0280. The third-order valence-electron chi connectivity index (χ3n) is 3.20. The van der Waals surface area contributed by atoms with Gasteiger partial charge in [-0.05, 0) is 32.4 Å². The number of aryl methyl sites for hydroxylation is 3. The largest absolute Gasteiger partial charge is 0.390 e. The standard InChI is InChI=1S/C14H18N2O/c1-9-5-6-10(2)12(7-9)14-15-11(3)13(8-17)16(14)4/h5-7,17H,8H2,1-4H3. The third-order valence-corrected chi connectivity index (χ3v) is 3.20. The number of aliphatic hydroxyl groups excluding tert-OH is 1. The molecule has 3 nitrogen and oxygen atoms in total. The predicted molar refractivity (Wildman–Crippen MR) is 68.8 cm³/mol. The number of aliphatic hydroxyl groups is 1. The first-order valence-corrected chi connectivity index (χ1v) is 5.75. The van der Waals surface area contributed by atoms with Crippen molar-refractivity contribution in [1.82, 2.24) is 9.55 Å². The van der Waals surface area contributed by atoms with Crippen molar-refractivity contribution in [2.75, 3.05) is 0 Å². The smallest absolute Gasteiger partial charge is 0.140 e. The summed E-state index contributed by atoms with van der Waals surface area (Å²) in [6.07, 6.45) is 0. The molecule has 0 fully saturated rings. The van der Waals surface area contributed by atoms with Crippen molar-refractivity contribution in [2.45, 2.75) is 27.4 Å². The second-order valence-corrected chi connectivity index (χ2v) is 4.50. The van der Waals surface area contributed by atoms with E-state index in [9.17, 15) is 5.11 Å². The van der Waals surface area contributed by atoms with Gasteiger partial charge < -0.3 is 9.67 Å². The molecule has 0 amide bonds. The van der Waals surface area contributed by atoms with Gasteiger partial charge in [-0.25, -0.2) is 4.98 Å². The number of imidazole rings is 1. The lowest BCUT2D eigenvalue weighted by molar-refractivity contribution is 0.272. The zero-order chi connectivity index (χ0) is 12.6. The molecule has 90 valence electrons. The van der Waals surface area contributed by atoms with E-state index in [1.54, 1.807) is 0 Å². The number of hydrogen-bond acceptors (Lipinski definition) is 2. The Labute approximate surface area is 102 Å². The number of benzene rings is 1. The quantitative estimate of drug-likeness (QED) is 0.860. The van der Waals surface area contributed by atoms with E-state index < -0.39 is 0 Å². The second kappa shape index (κ2) is 4.34. The molecular formula is C14H18N2O. The first-order chi connectivity index (χ1) is 8.04. The van der Waals surface area contributed by atoms with Crippen molar-refractivity contribution >= 4 is 0 Å². The van der Waals surface area contributed by atoms with Gasteiger partial charge in [0.2, 0.25) is 0 Å². The SMILES string of the molecule is Cc1ccc(C)c(-c2nc(C)c(CO)n2C)c1. The Morgan fingerprint density at radius 3 is 2.53 bits per heavy atom. The molecule has 3 heteroatoms. The van der Waals surface area contributed by atoms with Crippen LogP contribution in [0, 0.1) is 20.8 Å². The Bertz CT molecular complexity index is 556. The van der Waals surface area contributed by atoms with E-state index in [2.05, 4.69) is 37.0 Å². The highest BCUT2D eigenvalue weighted by atomic mass is 16.3. The summed E-state index contributed by atoms with van der Waals surface area (Å²) in [5.41, 5.74) is 5.33. The topological polar surface area (TPSA) is 38.1 Å². The van der Waals surface area contributed by atoms with Crippen LogP contribution in [0.4, 0.5) is 0 Å². The average molecular weight is 230 g/mol. The van der Waals surface area contributed by atoms with Gasteiger partial charge in [0, 0.05) is 12.6 Å². The molecule has 0 bridgehead atoms. The lowest BCUT2D eigenvalue weighted by atomic mass is 10.1. The Hall–Kier alpha value is -1.61. The van der Waals surface area contributed by atoms with E-state index in [4.69, 9.17) is 0 Å². The minimum atomic E-state index is 0.0280. The molecule has 1 N–H and O–H groups in total. The zero-order valence-electron chi connectivity index (χ0n) is 10.8. The maximum atomic E-state index is 9.32. The number of rotatable bonds is 2.